The molecule has 0 aliphatic heterocycles. The second-order valence-electron chi connectivity index (χ2n) is 14.5. The molecule has 3 N–H and O–H groups in total. The van der Waals surface area contributed by atoms with Crippen LogP contribution in [0.5, 0.6) is 23.0 Å². The number of fused-ring (bicyclic) bond motifs is 1. The van der Waals surface area contributed by atoms with Crippen molar-refractivity contribution in [3.63, 3.8) is 0 Å². The summed E-state index contributed by atoms with van der Waals surface area (Å²) in [4.78, 5) is 18.7. The highest BCUT2D eigenvalue weighted by atomic mass is 32.2. The van der Waals surface area contributed by atoms with Gasteiger partial charge in [-0.25, -0.2) is 13.2 Å². The first-order valence-electron chi connectivity index (χ1n) is 18.8. The van der Waals surface area contributed by atoms with E-state index in [2.05, 4.69) is 20.3 Å². The number of carbonyl (C=O) groups excluding carboxylic acids is 1. The largest absolute Gasteiger partial charge is 0.497 e. The van der Waals surface area contributed by atoms with Crippen LogP contribution in [0.4, 0.5) is 21.9 Å². The molecule has 4 aromatic carbocycles. The van der Waals surface area contributed by atoms with E-state index in [9.17, 15) is 17.4 Å². The maximum Gasteiger partial charge on any atom is 0.323 e. The Balaban J connectivity index is 1.29. The summed E-state index contributed by atoms with van der Waals surface area (Å²) in [5.41, 5.74) is 3.03. The maximum atomic E-state index is 13.5. The van der Waals surface area contributed by atoms with E-state index in [-0.39, 0.29) is 16.9 Å². The number of hydrogen-bond donors (Lipinski definition) is 3. The van der Waals surface area contributed by atoms with Crippen molar-refractivity contribution in [1.82, 2.24) is 4.98 Å². The monoisotopic (exact) mass is 848 g/mol. The number of pyridine rings is 1. The van der Waals surface area contributed by atoms with Crippen molar-refractivity contribution in [3.8, 4) is 23.0 Å². The van der Waals surface area contributed by atoms with E-state index in [1.54, 1.807) is 56.8 Å². The van der Waals surface area contributed by atoms with Gasteiger partial charge in [-0.15, -0.1) is 0 Å². The van der Waals surface area contributed by atoms with E-state index < -0.39 is 26.9 Å². The molecule has 2 amide bonds. The molecule has 0 aliphatic carbocycles. The molecule has 5 rings (SSSR count). The van der Waals surface area contributed by atoms with Crippen molar-refractivity contribution >= 4 is 54.7 Å². The highest BCUT2D eigenvalue weighted by Gasteiger charge is 2.23. The number of hydrogen-bond acceptors (Lipinski definition) is 11. The lowest BCUT2D eigenvalue weighted by Gasteiger charge is -2.24. The van der Waals surface area contributed by atoms with Gasteiger partial charge in [0.2, 0.25) is 10.0 Å². The molecular formula is C43H52N4O10S2. The number of ether oxygens (including phenoxy) is 6. The number of rotatable bonds is 20. The zero-order valence-corrected chi connectivity index (χ0v) is 36.0. The van der Waals surface area contributed by atoms with Gasteiger partial charge in [0.05, 0.1) is 87.1 Å². The normalized spacial score (nSPS) is 12.2. The van der Waals surface area contributed by atoms with Crippen LogP contribution >= 0.6 is 0 Å². The van der Waals surface area contributed by atoms with Gasteiger partial charge in [0, 0.05) is 47.2 Å². The van der Waals surface area contributed by atoms with Gasteiger partial charge in [-0.2, -0.15) is 0 Å². The minimum atomic E-state index is -3.64. The Kier molecular flexibility index (Phi) is 15.7. The number of urea groups is 1. The molecule has 1 heterocycles. The number of nitrogens with one attached hydrogen (secondary N) is 3. The van der Waals surface area contributed by atoms with E-state index in [0.717, 1.165) is 33.8 Å². The zero-order chi connectivity index (χ0) is 42.6. The Hall–Kier alpha value is -5.26. The molecule has 59 heavy (non-hydrogen) atoms. The van der Waals surface area contributed by atoms with Crippen LogP contribution in [0, 0.1) is 0 Å². The first-order valence-corrected chi connectivity index (χ1v) is 22.0. The van der Waals surface area contributed by atoms with Crippen molar-refractivity contribution in [2.45, 2.75) is 37.5 Å². The highest BCUT2D eigenvalue weighted by molar-refractivity contribution is 7.92. The molecule has 316 valence electrons. The van der Waals surface area contributed by atoms with Gasteiger partial charge in [-0.1, -0.05) is 45.0 Å². The van der Waals surface area contributed by atoms with Crippen LogP contribution in [-0.2, 0) is 46.9 Å². The summed E-state index contributed by atoms with van der Waals surface area (Å²) in [6.07, 6.45) is 3.15. The standard InChI is InChI=1S/C43H52N4O10S2/c1-43(2,3)30-25-38(41(54-6)39(26-30)47-59(7,50)51)46-42(48)45-37-12-13-40(36-11-9-8-10-35(36)37)57-32-14-15-44-31(27-32)22-29-23-33(53-5)28-34(24-29)58(49)21-20-56-19-18-55-17-16-52-4/h8-15,23-28,47H,16-22H2,1-7H3,(H2,45,46,48). The van der Waals surface area contributed by atoms with Gasteiger partial charge >= 0.3 is 6.03 Å². The first kappa shape index (κ1) is 44.8. The summed E-state index contributed by atoms with van der Waals surface area (Å²) in [5.74, 6) is 2.19. The second kappa shape index (κ2) is 20.6. The Morgan fingerprint density at radius 1 is 0.763 bits per heavy atom. The third-order valence-electron chi connectivity index (χ3n) is 8.89. The lowest BCUT2D eigenvalue weighted by atomic mass is 9.86. The Labute approximate surface area is 348 Å². The van der Waals surface area contributed by atoms with Crippen LogP contribution in [0.3, 0.4) is 0 Å². The van der Waals surface area contributed by atoms with Crippen molar-refractivity contribution in [2.75, 3.05) is 81.7 Å². The molecule has 1 aromatic heterocycles. The number of carbonyl (C=O) groups is 1. The van der Waals surface area contributed by atoms with Crippen molar-refractivity contribution in [3.05, 3.63) is 102 Å². The minimum Gasteiger partial charge on any atom is -0.497 e. The predicted molar refractivity (Wildman–Crippen MR) is 232 cm³/mol. The van der Waals surface area contributed by atoms with E-state index in [4.69, 9.17) is 28.4 Å². The summed E-state index contributed by atoms with van der Waals surface area (Å²) in [6, 6.07) is 23.1. The fraction of sp³-hybridized carbons (Fsp3) is 0.349. The summed E-state index contributed by atoms with van der Waals surface area (Å²) >= 11 is 0. The SMILES string of the molecule is COCCOCCOCCS(=O)c1cc(Cc2cc(Oc3ccc(NC(=O)Nc4cc(C(C)(C)C)cc(NS(C)(=O)=O)c4OC)c4ccccc34)ccn2)cc(OC)c1. The van der Waals surface area contributed by atoms with Crippen molar-refractivity contribution < 1.29 is 45.8 Å². The van der Waals surface area contributed by atoms with E-state index in [0.29, 0.717) is 78.7 Å². The Bertz CT molecular complexity index is 2370. The summed E-state index contributed by atoms with van der Waals surface area (Å²) in [5, 5.41) is 7.25. The smallest absolute Gasteiger partial charge is 0.323 e. The lowest BCUT2D eigenvalue weighted by Crippen LogP contribution is -2.22. The van der Waals surface area contributed by atoms with Crippen molar-refractivity contribution in [2.24, 2.45) is 0 Å². The molecular weight excluding hydrogens is 797 g/mol. The van der Waals surface area contributed by atoms with Gasteiger partial charge in [-0.05, 0) is 65.1 Å². The van der Waals surface area contributed by atoms with Gasteiger partial charge in [-0.3, -0.25) is 13.9 Å². The van der Waals surface area contributed by atoms with E-state index in [1.807, 2.05) is 63.2 Å². The van der Waals surface area contributed by atoms with Crippen molar-refractivity contribution in [1.29, 1.82) is 0 Å². The number of methoxy groups -OCH3 is 3. The molecule has 5 aromatic rings. The molecule has 0 saturated heterocycles. The number of aromatic nitrogens is 1. The van der Waals surface area contributed by atoms with E-state index in [1.165, 1.54) is 7.11 Å². The Morgan fingerprint density at radius 2 is 1.46 bits per heavy atom. The molecule has 0 fully saturated rings. The molecule has 1 atom stereocenters. The molecule has 16 heteroatoms. The van der Waals surface area contributed by atoms with Gasteiger partial charge < -0.3 is 39.1 Å². The fourth-order valence-corrected chi connectivity index (χ4v) is 7.63. The van der Waals surface area contributed by atoms with Gasteiger partial charge in [0.15, 0.2) is 5.75 Å². The van der Waals surface area contributed by atoms with Crippen LogP contribution in [0.15, 0.2) is 90.0 Å². The molecule has 1 unspecified atom stereocenters. The second-order valence-corrected chi connectivity index (χ2v) is 17.8. The van der Waals surface area contributed by atoms with Crippen LogP contribution < -0.4 is 29.6 Å². The van der Waals surface area contributed by atoms with Crippen LogP contribution in [0.25, 0.3) is 10.8 Å². The highest BCUT2D eigenvalue weighted by Crippen LogP contribution is 2.40. The molecule has 0 saturated carbocycles. The minimum absolute atomic E-state index is 0.170. The lowest BCUT2D eigenvalue weighted by molar-refractivity contribution is 0.0285. The number of anilines is 3. The summed E-state index contributed by atoms with van der Waals surface area (Å²) in [6.45, 7) is 8.13. The maximum absolute atomic E-state index is 13.5. The Morgan fingerprint density at radius 3 is 2.15 bits per heavy atom. The molecule has 0 bridgehead atoms. The number of amides is 2. The third-order valence-corrected chi connectivity index (χ3v) is 10.8. The van der Waals surface area contributed by atoms with Gasteiger partial charge in [0.1, 0.15) is 17.2 Å². The summed E-state index contributed by atoms with van der Waals surface area (Å²) < 4.78 is 73.5. The molecule has 14 nitrogen and oxygen atoms in total. The average Bonchev–Trinajstić information content (AvgIpc) is 3.18. The summed E-state index contributed by atoms with van der Waals surface area (Å²) in [7, 11) is -0.364. The zero-order valence-electron chi connectivity index (χ0n) is 34.4. The van der Waals surface area contributed by atoms with E-state index >= 15 is 0 Å². The molecule has 0 spiro atoms. The number of nitrogens with zero attached hydrogens (tertiary/aromatic N) is 1. The third kappa shape index (κ3) is 13.1. The van der Waals surface area contributed by atoms with Crippen LogP contribution in [-0.4, -0.2) is 90.0 Å². The fourth-order valence-electron chi connectivity index (χ4n) is 6.05. The predicted octanol–water partition coefficient (Wildman–Crippen LogP) is 7.74. The topological polar surface area (TPSA) is 173 Å². The van der Waals surface area contributed by atoms with Gasteiger partial charge in [0.25, 0.3) is 0 Å². The quantitative estimate of drug-likeness (QED) is 0.0655. The molecule has 0 aliphatic rings. The number of sulfonamides is 1. The first-order chi connectivity index (χ1) is 28.2. The number of benzene rings is 4. The van der Waals surface area contributed by atoms with Crippen LogP contribution in [0.1, 0.15) is 37.6 Å². The van der Waals surface area contributed by atoms with Crippen LogP contribution in [0.2, 0.25) is 0 Å². The average molecular weight is 849 g/mol. The molecule has 0 radical (unpaired) electrons.